The molecule has 0 saturated carbocycles. The maximum absolute atomic E-state index is 12.9. The summed E-state index contributed by atoms with van der Waals surface area (Å²) in [6.07, 6.45) is 0.0438. The lowest BCUT2D eigenvalue weighted by Gasteiger charge is -2.26. The predicted octanol–water partition coefficient (Wildman–Crippen LogP) is 4.80. The van der Waals surface area contributed by atoms with Crippen molar-refractivity contribution in [3.8, 4) is 11.8 Å². The van der Waals surface area contributed by atoms with Crippen molar-refractivity contribution < 1.29 is 28.5 Å². The van der Waals surface area contributed by atoms with Crippen molar-refractivity contribution in [2.24, 2.45) is 0 Å². The maximum atomic E-state index is 12.9. The van der Waals surface area contributed by atoms with Gasteiger partial charge in [0.05, 0.1) is 25.3 Å². The number of rotatable bonds is 8. The Morgan fingerprint density at radius 3 is 2.84 bits per heavy atom. The Labute approximate surface area is 221 Å². The molecule has 37 heavy (non-hydrogen) atoms. The van der Waals surface area contributed by atoms with Crippen molar-refractivity contribution in [2.75, 3.05) is 31.7 Å². The third-order valence-electron chi connectivity index (χ3n) is 6.38. The number of fused-ring (bicyclic) bond motifs is 1. The van der Waals surface area contributed by atoms with E-state index >= 15 is 0 Å². The average molecular weight is 528 g/mol. The number of nitrogens with one attached hydrogen (secondary N) is 1. The number of amides is 2. The summed E-state index contributed by atoms with van der Waals surface area (Å²) >= 11 is 1.34. The van der Waals surface area contributed by atoms with Crippen molar-refractivity contribution in [3.05, 3.63) is 45.8 Å². The number of para-hydroxylation sites is 1. The van der Waals surface area contributed by atoms with E-state index in [9.17, 15) is 14.9 Å². The van der Waals surface area contributed by atoms with Crippen LogP contribution in [0.5, 0.6) is 5.75 Å². The van der Waals surface area contributed by atoms with Crippen LogP contribution in [0.1, 0.15) is 61.6 Å². The van der Waals surface area contributed by atoms with E-state index < -0.39 is 11.9 Å². The van der Waals surface area contributed by atoms with Gasteiger partial charge in [0, 0.05) is 17.8 Å². The molecule has 1 N–H and O–H groups in total. The molecule has 2 aromatic rings. The minimum absolute atomic E-state index is 0.0621. The molecule has 3 heterocycles. The molecule has 4 rings (SSSR count). The first kappa shape index (κ1) is 26.9. The minimum Gasteiger partial charge on any atom is -0.494 e. The number of nitrogens with zero attached hydrogens (tertiary/aromatic N) is 2. The summed E-state index contributed by atoms with van der Waals surface area (Å²) in [5.74, 6) is -0.135. The van der Waals surface area contributed by atoms with Crippen LogP contribution in [-0.4, -0.2) is 55.2 Å². The highest BCUT2D eigenvalue weighted by molar-refractivity contribution is 7.16. The molecule has 198 valence electrons. The van der Waals surface area contributed by atoms with E-state index in [1.54, 1.807) is 4.90 Å². The normalized spacial score (nSPS) is 19.0. The molecule has 1 fully saturated rings. The van der Waals surface area contributed by atoms with Gasteiger partial charge in [0.2, 0.25) is 5.91 Å². The Hall–Kier alpha value is -3.13. The Bertz CT molecular complexity index is 1190. The number of carbonyl (C=O) groups excluding carboxylic acids is 2. The van der Waals surface area contributed by atoms with Gasteiger partial charge in [-0.05, 0) is 50.3 Å². The number of hydrogen-bond acceptors (Lipinski definition) is 8. The smallest absolute Gasteiger partial charge is 0.410 e. The quantitative estimate of drug-likeness (QED) is 0.525. The summed E-state index contributed by atoms with van der Waals surface area (Å²) in [7, 11) is 0. The largest absolute Gasteiger partial charge is 0.494 e. The zero-order chi connectivity index (χ0) is 26.6. The Morgan fingerprint density at radius 2 is 2.14 bits per heavy atom. The second-order valence-corrected chi connectivity index (χ2v) is 10.7. The molecule has 0 spiro atoms. The molecule has 2 unspecified atom stereocenters. The van der Waals surface area contributed by atoms with Crippen LogP contribution in [0.3, 0.4) is 0 Å². The second kappa shape index (κ2) is 11.5. The van der Waals surface area contributed by atoms with Crippen molar-refractivity contribution in [1.82, 2.24) is 4.90 Å². The highest BCUT2D eigenvalue weighted by Gasteiger charge is 2.34. The maximum Gasteiger partial charge on any atom is 0.410 e. The summed E-state index contributed by atoms with van der Waals surface area (Å²) in [6.45, 7) is 9.35. The molecule has 2 amide bonds. The van der Waals surface area contributed by atoms with E-state index in [0.29, 0.717) is 43.3 Å². The zero-order valence-corrected chi connectivity index (χ0v) is 22.5. The van der Waals surface area contributed by atoms with E-state index in [1.165, 1.54) is 11.3 Å². The first-order chi connectivity index (χ1) is 17.7. The van der Waals surface area contributed by atoms with E-state index in [4.69, 9.17) is 18.9 Å². The Kier molecular flexibility index (Phi) is 8.37. The van der Waals surface area contributed by atoms with Crippen LogP contribution in [0.25, 0.3) is 0 Å². The lowest BCUT2D eigenvalue weighted by atomic mass is 9.96. The molecular formula is C27H33N3O6S. The van der Waals surface area contributed by atoms with Crippen molar-refractivity contribution >= 4 is 28.3 Å². The van der Waals surface area contributed by atoms with Crippen molar-refractivity contribution in [3.63, 3.8) is 0 Å². The molecule has 9 nitrogen and oxygen atoms in total. The molecule has 0 aliphatic carbocycles. The summed E-state index contributed by atoms with van der Waals surface area (Å²) in [6, 6.07) is 9.95. The molecule has 0 radical (unpaired) electrons. The van der Waals surface area contributed by atoms with E-state index in [2.05, 4.69) is 11.4 Å². The van der Waals surface area contributed by atoms with Crippen LogP contribution >= 0.6 is 11.3 Å². The van der Waals surface area contributed by atoms with Gasteiger partial charge in [0.1, 0.15) is 29.5 Å². The molecule has 1 aromatic heterocycles. The van der Waals surface area contributed by atoms with Gasteiger partial charge in [-0.15, -0.1) is 11.3 Å². The van der Waals surface area contributed by atoms with E-state index in [0.717, 1.165) is 21.8 Å². The fourth-order valence-electron chi connectivity index (χ4n) is 4.61. The van der Waals surface area contributed by atoms with Gasteiger partial charge in [-0.25, -0.2) is 4.79 Å². The standard InChI is InChI=1S/C27H33N3O6S/c1-5-33-22-9-7-6-8-19(22)17(2)12-24(31)29-25-21(13-28)20-10-11-30(14-23(20)37-25)26(32)34-15-18-16-35-27(3,4)36-18/h6-9,17-18H,5,10-12,14-16H2,1-4H3,(H,29,31). The minimum atomic E-state index is -0.674. The number of anilines is 1. The molecule has 2 aliphatic heterocycles. The van der Waals surface area contributed by atoms with Crippen LogP contribution < -0.4 is 10.1 Å². The number of ether oxygens (including phenoxy) is 4. The van der Waals surface area contributed by atoms with Gasteiger partial charge in [0.15, 0.2) is 5.79 Å². The highest BCUT2D eigenvalue weighted by atomic mass is 32.1. The number of thiophene rings is 1. The van der Waals surface area contributed by atoms with E-state index in [1.807, 2.05) is 52.0 Å². The first-order valence-electron chi connectivity index (χ1n) is 12.5. The number of hydrogen-bond donors (Lipinski definition) is 1. The van der Waals surface area contributed by atoms with Gasteiger partial charge in [-0.1, -0.05) is 25.1 Å². The number of carbonyl (C=O) groups is 2. The van der Waals surface area contributed by atoms with Crippen LogP contribution in [0.2, 0.25) is 0 Å². The summed E-state index contributed by atoms with van der Waals surface area (Å²) in [5, 5.41) is 13.3. The SMILES string of the molecule is CCOc1ccccc1C(C)CC(=O)Nc1sc2c(c1C#N)CCN(C(=O)OCC1COC(C)(C)O1)C2. The van der Waals surface area contributed by atoms with Crippen LogP contribution in [0, 0.1) is 11.3 Å². The van der Waals surface area contributed by atoms with E-state index in [-0.39, 0.29) is 31.0 Å². The fourth-order valence-corrected chi connectivity index (χ4v) is 5.84. The Balaban J connectivity index is 1.37. The van der Waals surface area contributed by atoms with Gasteiger partial charge in [-0.2, -0.15) is 5.26 Å². The molecule has 1 aromatic carbocycles. The molecule has 1 saturated heterocycles. The Morgan fingerprint density at radius 1 is 1.35 bits per heavy atom. The third kappa shape index (κ3) is 6.42. The zero-order valence-electron chi connectivity index (χ0n) is 21.7. The summed E-state index contributed by atoms with van der Waals surface area (Å²) in [4.78, 5) is 28.1. The number of nitriles is 1. The molecule has 10 heteroatoms. The lowest BCUT2D eigenvalue weighted by Crippen LogP contribution is -2.37. The van der Waals surface area contributed by atoms with Gasteiger partial charge in [0.25, 0.3) is 0 Å². The topological polar surface area (TPSA) is 110 Å². The fraction of sp³-hybridized carbons (Fsp3) is 0.519. The molecule has 2 aliphatic rings. The van der Waals surface area contributed by atoms with Crippen molar-refractivity contribution in [2.45, 2.75) is 64.9 Å². The summed E-state index contributed by atoms with van der Waals surface area (Å²) < 4.78 is 22.4. The van der Waals surface area contributed by atoms with Crippen molar-refractivity contribution in [1.29, 1.82) is 5.26 Å². The monoisotopic (exact) mass is 527 g/mol. The van der Waals surface area contributed by atoms with Crippen LogP contribution in [-0.2, 0) is 32.0 Å². The second-order valence-electron chi connectivity index (χ2n) is 9.64. The lowest BCUT2D eigenvalue weighted by molar-refractivity contribution is -0.143. The third-order valence-corrected chi connectivity index (χ3v) is 7.51. The molecule has 2 atom stereocenters. The predicted molar refractivity (Wildman–Crippen MR) is 139 cm³/mol. The first-order valence-corrected chi connectivity index (χ1v) is 13.3. The summed E-state index contributed by atoms with van der Waals surface area (Å²) in [5.41, 5.74) is 2.33. The highest BCUT2D eigenvalue weighted by Crippen LogP contribution is 2.37. The van der Waals surface area contributed by atoms with Gasteiger partial charge in [-0.3, -0.25) is 4.79 Å². The van der Waals surface area contributed by atoms with Crippen LogP contribution in [0.4, 0.5) is 9.80 Å². The van der Waals surface area contributed by atoms with Crippen LogP contribution in [0.15, 0.2) is 24.3 Å². The van der Waals surface area contributed by atoms with Gasteiger partial charge >= 0.3 is 6.09 Å². The average Bonchev–Trinajstić information content (AvgIpc) is 3.40. The molecular weight excluding hydrogens is 494 g/mol. The number of benzene rings is 1. The van der Waals surface area contributed by atoms with Gasteiger partial charge < -0.3 is 29.2 Å². The molecule has 0 bridgehead atoms.